The quantitative estimate of drug-likeness (QED) is 0.528. The number of pyridine rings is 1. The van der Waals surface area contributed by atoms with Crippen molar-refractivity contribution in [1.29, 1.82) is 0 Å². The Hall–Kier alpha value is -3.69. The number of hydrogen-bond acceptors (Lipinski definition) is 6. The molecule has 2 N–H and O–H groups in total. The van der Waals surface area contributed by atoms with Gasteiger partial charge in [0.05, 0.1) is 12.1 Å². The number of hydrogen-bond donors (Lipinski definition) is 2. The molecule has 4 atom stereocenters. The van der Waals surface area contributed by atoms with Crippen LogP contribution in [-0.4, -0.2) is 43.1 Å². The van der Waals surface area contributed by atoms with Gasteiger partial charge in [-0.15, -0.1) is 0 Å². The third-order valence-corrected chi connectivity index (χ3v) is 7.19. The lowest BCUT2D eigenvalue weighted by Crippen LogP contribution is -2.48. The Morgan fingerprint density at radius 3 is 2.61 bits per heavy atom. The smallest absolute Gasteiger partial charge is 0.258 e. The van der Waals surface area contributed by atoms with Crippen molar-refractivity contribution >= 4 is 12.0 Å². The van der Waals surface area contributed by atoms with Crippen molar-refractivity contribution in [2.45, 2.75) is 38.6 Å². The molecule has 5 rings (SSSR count). The van der Waals surface area contributed by atoms with Gasteiger partial charge in [-0.05, 0) is 36.8 Å². The highest BCUT2D eigenvalue weighted by molar-refractivity contribution is 5.82. The van der Waals surface area contributed by atoms with E-state index in [1.165, 1.54) is 18.5 Å². The number of carbonyl (C=O) groups excluding carboxylic acids is 1. The van der Waals surface area contributed by atoms with E-state index in [1.807, 2.05) is 25.1 Å². The average Bonchev–Trinajstić information content (AvgIpc) is 3.41. The highest BCUT2D eigenvalue weighted by Crippen LogP contribution is 2.49. The summed E-state index contributed by atoms with van der Waals surface area (Å²) in [5, 5.41) is 13.4. The molecule has 3 aromatic rings. The van der Waals surface area contributed by atoms with E-state index in [4.69, 9.17) is 0 Å². The fourth-order valence-electron chi connectivity index (χ4n) is 5.63. The SMILES string of the molecule is C/C=C\c1ccc2n(c1=O)C[C@@H]1[C@@H](CO)[C@H](C(=O)NCc3ccc(F)cc3)N(Cc3cncnc3)[C@H]21. The van der Waals surface area contributed by atoms with E-state index in [-0.39, 0.29) is 48.3 Å². The molecule has 0 spiro atoms. The molecule has 2 aliphatic rings. The van der Waals surface area contributed by atoms with Gasteiger partial charge in [0.2, 0.25) is 5.91 Å². The lowest BCUT2D eigenvalue weighted by atomic mass is 9.88. The number of allylic oxidation sites excluding steroid dienone is 1. The van der Waals surface area contributed by atoms with Gasteiger partial charge in [0.25, 0.3) is 5.56 Å². The van der Waals surface area contributed by atoms with Gasteiger partial charge in [-0.25, -0.2) is 14.4 Å². The highest BCUT2D eigenvalue weighted by Gasteiger charge is 2.55. The fraction of sp³-hybridized carbons (Fsp3) is 0.333. The molecule has 36 heavy (non-hydrogen) atoms. The number of nitrogens with zero attached hydrogens (tertiary/aromatic N) is 4. The highest BCUT2D eigenvalue weighted by atomic mass is 19.1. The average molecular weight is 490 g/mol. The number of benzene rings is 1. The minimum atomic E-state index is -0.621. The molecule has 4 heterocycles. The summed E-state index contributed by atoms with van der Waals surface area (Å²) in [7, 11) is 0. The maximum atomic E-state index is 13.6. The zero-order valence-electron chi connectivity index (χ0n) is 19.9. The molecular weight excluding hydrogens is 461 g/mol. The van der Waals surface area contributed by atoms with E-state index in [0.29, 0.717) is 18.7 Å². The molecule has 186 valence electrons. The predicted octanol–water partition coefficient (Wildman–Crippen LogP) is 2.29. The minimum Gasteiger partial charge on any atom is -0.396 e. The van der Waals surface area contributed by atoms with E-state index >= 15 is 0 Å². The van der Waals surface area contributed by atoms with E-state index in [1.54, 1.807) is 35.2 Å². The Balaban J connectivity index is 1.49. The summed E-state index contributed by atoms with van der Waals surface area (Å²) in [6.07, 6.45) is 8.49. The second kappa shape index (κ2) is 10.1. The molecule has 1 fully saturated rings. The van der Waals surface area contributed by atoms with Crippen molar-refractivity contribution in [1.82, 2.24) is 24.8 Å². The normalized spacial score (nSPS) is 23.1. The number of aliphatic hydroxyl groups excluding tert-OH is 1. The second-order valence-electron chi connectivity index (χ2n) is 9.29. The lowest BCUT2D eigenvalue weighted by molar-refractivity contribution is -0.128. The molecule has 0 bridgehead atoms. The van der Waals surface area contributed by atoms with Gasteiger partial charge in [-0.3, -0.25) is 14.5 Å². The van der Waals surface area contributed by atoms with E-state index in [0.717, 1.165) is 16.8 Å². The first-order valence-electron chi connectivity index (χ1n) is 12.0. The maximum Gasteiger partial charge on any atom is 0.258 e. The van der Waals surface area contributed by atoms with Crippen molar-refractivity contribution in [3.8, 4) is 0 Å². The van der Waals surface area contributed by atoms with Crippen molar-refractivity contribution in [2.75, 3.05) is 6.61 Å². The number of halogens is 1. The third-order valence-electron chi connectivity index (χ3n) is 7.19. The van der Waals surface area contributed by atoms with Crippen LogP contribution in [0.25, 0.3) is 6.08 Å². The van der Waals surface area contributed by atoms with E-state index in [2.05, 4.69) is 20.2 Å². The minimum absolute atomic E-state index is 0.0722. The van der Waals surface area contributed by atoms with Crippen LogP contribution in [0.2, 0.25) is 0 Å². The molecule has 1 saturated heterocycles. The number of aliphatic hydroxyl groups is 1. The Kier molecular flexibility index (Phi) is 6.75. The largest absolute Gasteiger partial charge is 0.396 e. The zero-order chi connectivity index (χ0) is 25.2. The summed E-state index contributed by atoms with van der Waals surface area (Å²) in [5.74, 6) is -1.05. The standard InChI is InChI=1S/C27H28FN5O3/c1-2-3-19-6-9-23-24-21(14-32(23)27(19)36)22(15-34)25(33(24)13-18-10-29-16-30-11-18)26(35)31-12-17-4-7-20(28)8-5-17/h2-11,16,21-22,24-25,34H,12-15H2,1H3,(H,31,35)/b3-2-/t21-,22-,24+,25-/m1/s1. The first-order chi connectivity index (χ1) is 17.5. The van der Waals surface area contributed by atoms with Gasteiger partial charge < -0.3 is 15.0 Å². The van der Waals surface area contributed by atoms with Crippen molar-refractivity contribution in [2.24, 2.45) is 11.8 Å². The summed E-state index contributed by atoms with van der Waals surface area (Å²) in [5.41, 5.74) is 2.98. The molecule has 8 nitrogen and oxygen atoms in total. The van der Waals surface area contributed by atoms with Crippen LogP contribution in [0.5, 0.6) is 0 Å². The van der Waals surface area contributed by atoms with E-state index in [9.17, 15) is 19.1 Å². The third kappa shape index (κ3) is 4.36. The number of carbonyl (C=O) groups is 1. The molecule has 1 aromatic carbocycles. The van der Waals surface area contributed by atoms with Crippen LogP contribution in [0.1, 0.15) is 35.3 Å². The Morgan fingerprint density at radius 1 is 1.17 bits per heavy atom. The predicted molar refractivity (Wildman–Crippen MR) is 132 cm³/mol. The number of aromatic nitrogens is 3. The van der Waals surface area contributed by atoms with Gasteiger partial charge in [-0.2, -0.15) is 0 Å². The number of fused-ring (bicyclic) bond motifs is 3. The van der Waals surface area contributed by atoms with Gasteiger partial charge in [-0.1, -0.05) is 24.3 Å². The Bertz CT molecular complexity index is 1330. The van der Waals surface area contributed by atoms with Crippen LogP contribution in [0, 0.1) is 17.7 Å². The molecule has 0 aliphatic carbocycles. The summed E-state index contributed by atoms with van der Waals surface area (Å²) < 4.78 is 15.0. The van der Waals surface area contributed by atoms with E-state index < -0.39 is 6.04 Å². The maximum absolute atomic E-state index is 13.6. The molecular formula is C27H28FN5O3. The number of likely N-dealkylation sites (tertiary alicyclic amines) is 1. The first kappa shape index (κ1) is 24.0. The lowest BCUT2D eigenvalue weighted by Gasteiger charge is -2.30. The summed E-state index contributed by atoms with van der Waals surface area (Å²) in [4.78, 5) is 37.0. The van der Waals surface area contributed by atoms with Crippen LogP contribution in [0.4, 0.5) is 4.39 Å². The number of nitrogens with one attached hydrogen (secondary N) is 1. The van der Waals surface area contributed by atoms with Crippen LogP contribution in [0.3, 0.4) is 0 Å². The van der Waals surface area contributed by atoms with Crippen molar-refractivity contribution in [3.05, 3.63) is 99.8 Å². The molecule has 1 amide bonds. The summed E-state index contributed by atoms with van der Waals surface area (Å²) >= 11 is 0. The Morgan fingerprint density at radius 2 is 1.92 bits per heavy atom. The fourth-order valence-corrected chi connectivity index (χ4v) is 5.63. The van der Waals surface area contributed by atoms with Gasteiger partial charge in [0, 0.05) is 67.3 Å². The summed E-state index contributed by atoms with van der Waals surface area (Å²) in [6.45, 7) is 2.74. The number of amides is 1. The topological polar surface area (TPSA) is 100 Å². The first-order valence-corrected chi connectivity index (χ1v) is 12.0. The van der Waals surface area contributed by atoms with Crippen molar-refractivity contribution in [3.63, 3.8) is 0 Å². The molecule has 2 aromatic heterocycles. The molecule has 0 saturated carbocycles. The van der Waals surface area contributed by atoms with Gasteiger partial charge in [0.15, 0.2) is 0 Å². The number of rotatable bonds is 7. The molecule has 9 heteroatoms. The molecule has 0 radical (unpaired) electrons. The monoisotopic (exact) mass is 489 g/mol. The Labute approximate surface area is 208 Å². The van der Waals surface area contributed by atoms with Crippen LogP contribution >= 0.6 is 0 Å². The second-order valence-corrected chi connectivity index (χ2v) is 9.29. The van der Waals surface area contributed by atoms with Gasteiger partial charge >= 0.3 is 0 Å². The molecule has 0 unspecified atom stereocenters. The molecule has 2 aliphatic heterocycles. The van der Waals surface area contributed by atoms with Gasteiger partial charge in [0.1, 0.15) is 12.1 Å². The van der Waals surface area contributed by atoms with Crippen LogP contribution in [0.15, 0.2) is 66.0 Å². The summed E-state index contributed by atoms with van der Waals surface area (Å²) in [6, 6.07) is 8.90. The van der Waals surface area contributed by atoms with Crippen LogP contribution < -0.4 is 10.9 Å². The van der Waals surface area contributed by atoms with Crippen LogP contribution in [-0.2, 0) is 24.4 Å². The zero-order valence-corrected chi connectivity index (χ0v) is 19.9. The van der Waals surface area contributed by atoms with Crippen molar-refractivity contribution < 1.29 is 14.3 Å².